The first-order valence-corrected chi connectivity index (χ1v) is 13.3. The summed E-state index contributed by atoms with van der Waals surface area (Å²) in [5.74, 6) is -0.497. The molecule has 0 fully saturated rings. The molecule has 2 heterocycles. The van der Waals surface area contributed by atoms with Crippen molar-refractivity contribution in [1.82, 2.24) is 5.01 Å². The highest BCUT2D eigenvalue weighted by Gasteiger charge is 2.39. The number of benzene rings is 3. The second-order valence-corrected chi connectivity index (χ2v) is 10.9. The molecule has 0 spiro atoms. The van der Waals surface area contributed by atoms with E-state index >= 15 is 0 Å². The molecule has 5 rings (SSSR count). The van der Waals surface area contributed by atoms with Crippen molar-refractivity contribution in [3.05, 3.63) is 100 Å². The summed E-state index contributed by atoms with van der Waals surface area (Å²) in [5, 5.41) is 9.69. The fourth-order valence-corrected chi connectivity index (χ4v) is 5.52. The predicted octanol–water partition coefficient (Wildman–Crippen LogP) is 6.10. The second kappa shape index (κ2) is 10.3. The molecule has 2 aliphatic rings. The number of nitrogens with one attached hydrogen (secondary N) is 1. The minimum atomic E-state index is -0.571. The van der Waals surface area contributed by atoms with Gasteiger partial charge in [0, 0.05) is 18.5 Å². The highest BCUT2D eigenvalue weighted by atomic mass is 32.2. The van der Waals surface area contributed by atoms with Crippen LogP contribution >= 0.6 is 11.8 Å². The summed E-state index contributed by atoms with van der Waals surface area (Å²) in [6, 6.07) is 22.4. The fraction of sp³-hybridized carbons (Fsp3) is 0.267. The number of amidine groups is 1. The largest absolute Gasteiger partial charge is 0.326 e. The second-order valence-electron chi connectivity index (χ2n) is 9.78. The molecule has 0 bridgehead atoms. The molecule has 1 N–H and O–H groups in total. The third-order valence-electron chi connectivity index (χ3n) is 6.84. The number of hydrazone groups is 1. The summed E-state index contributed by atoms with van der Waals surface area (Å²) in [4.78, 5) is 29.9. The Bertz CT molecular complexity index is 1410. The van der Waals surface area contributed by atoms with Crippen molar-refractivity contribution >= 4 is 40.1 Å². The number of carbonyl (C=O) groups is 2. The number of nitrogens with zero attached hydrogens (tertiary/aromatic N) is 3. The van der Waals surface area contributed by atoms with Gasteiger partial charge in [0.1, 0.15) is 5.25 Å². The van der Waals surface area contributed by atoms with Gasteiger partial charge < -0.3 is 5.32 Å². The van der Waals surface area contributed by atoms with Crippen LogP contribution in [-0.2, 0) is 9.59 Å². The van der Waals surface area contributed by atoms with Crippen LogP contribution in [0.4, 0.5) is 5.69 Å². The third kappa shape index (κ3) is 5.52. The average Bonchev–Trinajstić information content (AvgIpc) is 3.46. The van der Waals surface area contributed by atoms with E-state index in [1.54, 1.807) is 0 Å². The van der Waals surface area contributed by atoms with Crippen molar-refractivity contribution in [2.45, 2.75) is 51.8 Å². The summed E-state index contributed by atoms with van der Waals surface area (Å²) < 4.78 is 0. The smallest absolute Gasteiger partial charge is 0.262 e. The highest BCUT2D eigenvalue weighted by molar-refractivity contribution is 8.15. The van der Waals surface area contributed by atoms with Crippen LogP contribution in [0.1, 0.15) is 52.3 Å². The molecule has 0 saturated carbocycles. The van der Waals surface area contributed by atoms with E-state index < -0.39 is 5.25 Å². The SMILES string of the molecule is Cc1ccc(C2=NN(C3=NC(=O)[C@@H](CC(=O)Nc4ccc(C)c(C)c4)S3)[C@@H](c3ccc(C)cc3)C2)cc1. The van der Waals surface area contributed by atoms with Gasteiger partial charge in [-0.05, 0) is 62.1 Å². The van der Waals surface area contributed by atoms with Gasteiger partial charge in [0.15, 0.2) is 5.17 Å². The molecule has 2 atom stereocenters. The van der Waals surface area contributed by atoms with Crippen molar-refractivity contribution in [2.24, 2.45) is 10.1 Å². The van der Waals surface area contributed by atoms with E-state index in [1.807, 2.05) is 37.1 Å². The Morgan fingerprint density at radius 3 is 2.30 bits per heavy atom. The summed E-state index contributed by atoms with van der Waals surface area (Å²) >= 11 is 1.32. The number of hydrogen-bond acceptors (Lipinski definition) is 5. The Kier molecular flexibility index (Phi) is 6.98. The zero-order chi connectivity index (χ0) is 26.1. The summed E-state index contributed by atoms with van der Waals surface area (Å²) in [7, 11) is 0. The molecule has 188 valence electrons. The van der Waals surface area contributed by atoms with Gasteiger partial charge in [-0.2, -0.15) is 10.1 Å². The Balaban J connectivity index is 1.34. The van der Waals surface area contributed by atoms with Gasteiger partial charge >= 0.3 is 0 Å². The third-order valence-corrected chi connectivity index (χ3v) is 7.99. The van der Waals surface area contributed by atoms with Crippen LogP contribution in [0, 0.1) is 27.7 Å². The molecule has 7 heteroatoms. The lowest BCUT2D eigenvalue weighted by Crippen LogP contribution is -2.25. The zero-order valence-corrected chi connectivity index (χ0v) is 22.3. The molecule has 0 saturated heterocycles. The minimum absolute atomic E-state index is 0.0565. The Labute approximate surface area is 221 Å². The lowest BCUT2D eigenvalue weighted by Gasteiger charge is -2.23. The van der Waals surface area contributed by atoms with Crippen LogP contribution in [0.2, 0.25) is 0 Å². The zero-order valence-electron chi connectivity index (χ0n) is 21.5. The molecule has 2 amide bonds. The lowest BCUT2D eigenvalue weighted by molar-refractivity contribution is -0.121. The molecule has 0 radical (unpaired) electrons. The number of rotatable bonds is 5. The first-order valence-electron chi connectivity index (χ1n) is 12.4. The van der Waals surface area contributed by atoms with Crippen molar-refractivity contribution in [2.75, 3.05) is 5.32 Å². The van der Waals surface area contributed by atoms with Crippen LogP contribution in [0.15, 0.2) is 76.8 Å². The maximum absolute atomic E-state index is 12.8. The van der Waals surface area contributed by atoms with Gasteiger partial charge in [-0.1, -0.05) is 77.5 Å². The number of hydrogen-bond donors (Lipinski definition) is 1. The van der Waals surface area contributed by atoms with E-state index in [0.29, 0.717) is 11.6 Å². The van der Waals surface area contributed by atoms with E-state index in [9.17, 15) is 9.59 Å². The van der Waals surface area contributed by atoms with E-state index in [1.165, 1.54) is 22.9 Å². The molecule has 0 aliphatic carbocycles. The van der Waals surface area contributed by atoms with E-state index in [4.69, 9.17) is 5.10 Å². The van der Waals surface area contributed by atoms with Gasteiger partial charge in [0.2, 0.25) is 5.91 Å². The number of anilines is 1. The number of aliphatic imine (C=N–C) groups is 1. The van der Waals surface area contributed by atoms with Gasteiger partial charge in [0.25, 0.3) is 5.91 Å². The fourth-order valence-electron chi connectivity index (χ4n) is 4.46. The number of aryl methyl sites for hydroxylation is 4. The van der Waals surface area contributed by atoms with E-state index in [2.05, 4.69) is 72.7 Å². The van der Waals surface area contributed by atoms with Crippen molar-refractivity contribution in [1.29, 1.82) is 0 Å². The van der Waals surface area contributed by atoms with Crippen LogP contribution in [-0.4, -0.2) is 33.0 Å². The van der Waals surface area contributed by atoms with Gasteiger partial charge in [-0.3, -0.25) is 9.59 Å². The molecule has 6 nitrogen and oxygen atoms in total. The molecular formula is C30H30N4O2S. The molecular weight excluding hydrogens is 480 g/mol. The summed E-state index contributed by atoms with van der Waals surface area (Å²) in [6.07, 6.45) is 0.763. The quantitative estimate of drug-likeness (QED) is 0.450. The molecule has 37 heavy (non-hydrogen) atoms. The van der Waals surface area contributed by atoms with Crippen molar-refractivity contribution < 1.29 is 9.59 Å². The van der Waals surface area contributed by atoms with Gasteiger partial charge in [-0.15, -0.1) is 0 Å². The lowest BCUT2D eigenvalue weighted by atomic mass is 9.97. The van der Waals surface area contributed by atoms with E-state index in [-0.39, 0.29) is 24.3 Å². The molecule has 3 aromatic carbocycles. The number of thioether (sulfide) groups is 1. The van der Waals surface area contributed by atoms with Crippen molar-refractivity contribution in [3.8, 4) is 0 Å². The van der Waals surface area contributed by atoms with Crippen LogP contribution < -0.4 is 5.32 Å². The van der Waals surface area contributed by atoms with E-state index in [0.717, 1.165) is 33.7 Å². The standard InChI is InChI=1S/C30H30N4O2S/c1-18-5-10-22(11-6-18)25-16-26(23-12-7-19(2)8-13-23)34(33-25)30-32-29(36)27(37-30)17-28(35)31-24-14-9-20(3)21(4)15-24/h5-15,26-27H,16-17H2,1-4H3,(H,31,35)/t26-,27-/m1/s1. The van der Waals surface area contributed by atoms with Crippen LogP contribution in [0.25, 0.3) is 0 Å². The normalized spacial score (nSPS) is 19.1. The maximum atomic E-state index is 12.8. The average molecular weight is 511 g/mol. The molecule has 2 aliphatic heterocycles. The van der Waals surface area contributed by atoms with Crippen LogP contribution in [0.3, 0.4) is 0 Å². The monoisotopic (exact) mass is 510 g/mol. The number of carbonyl (C=O) groups excluding carboxylic acids is 2. The van der Waals surface area contributed by atoms with Gasteiger partial charge in [-0.25, -0.2) is 5.01 Å². The Morgan fingerprint density at radius 2 is 1.62 bits per heavy atom. The van der Waals surface area contributed by atoms with Crippen LogP contribution in [0.5, 0.6) is 0 Å². The molecule has 0 aromatic heterocycles. The summed E-state index contributed by atoms with van der Waals surface area (Å²) in [5.41, 5.74) is 8.51. The topological polar surface area (TPSA) is 74.1 Å². The van der Waals surface area contributed by atoms with Gasteiger partial charge in [0.05, 0.1) is 11.8 Å². The predicted molar refractivity (Wildman–Crippen MR) is 151 cm³/mol. The first kappa shape index (κ1) is 25.0. The first-order chi connectivity index (χ1) is 17.8. The molecule has 0 unspecified atom stereocenters. The Hall–Kier alpha value is -3.71. The summed E-state index contributed by atoms with van der Waals surface area (Å²) in [6.45, 7) is 8.16. The highest BCUT2D eigenvalue weighted by Crippen LogP contribution is 2.38. The minimum Gasteiger partial charge on any atom is -0.326 e. The van der Waals surface area contributed by atoms with Crippen molar-refractivity contribution in [3.63, 3.8) is 0 Å². The maximum Gasteiger partial charge on any atom is 0.262 e. The Morgan fingerprint density at radius 1 is 0.946 bits per heavy atom. The number of amides is 2. The molecule has 3 aromatic rings.